The second-order valence-electron chi connectivity index (χ2n) is 2.93. The Hall–Kier alpha value is 0.0864. The van der Waals surface area contributed by atoms with Crippen LogP contribution in [0.1, 0.15) is 18.1 Å². The van der Waals surface area contributed by atoms with E-state index >= 15 is 0 Å². The van der Waals surface area contributed by atoms with Gasteiger partial charge in [-0.2, -0.15) is 5.26 Å². The van der Waals surface area contributed by atoms with Crippen LogP contribution in [0.5, 0.6) is 0 Å². The molecule has 0 bridgehead atoms. The van der Waals surface area contributed by atoms with Crippen molar-refractivity contribution in [3.63, 3.8) is 0 Å². The minimum atomic E-state index is -3.16. The molecule has 0 amide bonds. The Balaban J connectivity index is 0.00000112. The number of rotatable bonds is 3. The van der Waals surface area contributed by atoms with Gasteiger partial charge in [0.05, 0.1) is 24.4 Å². The summed E-state index contributed by atoms with van der Waals surface area (Å²) in [4.78, 5) is 3.29. The van der Waals surface area contributed by atoms with Crippen molar-refractivity contribution in [2.45, 2.75) is 18.4 Å². The Morgan fingerprint density at radius 1 is 1.60 bits per heavy atom. The van der Waals surface area contributed by atoms with Gasteiger partial charge < -0.3 is 19.9 Å². The molecule has 2 heterocycles. The molecule has 1 aromatic rings. The molecular formula is C7H5F2KN4O. The third-order valence-corrected chi connectivity index (χ3v) is 1.76. The van der Waals surface area contributed by atoms with Crippen molar-refractivity contribution in [3.05, 3.63) is 11.6 Å². The predicted molar refractivity (Wildman–Crippen MR) is 38.3 cm³/mol. The number of hydrogen-bond acceptors (Lipinski definition) is 4. The first-order chi connectivity index (χ1) is 6.62. The summed E-state index contributed by atoms with van der Waals surface area (Å²) in [6.45, 7) is 0.342. The van der Waals surface area contributed by atoms with Crippen LogP contribution in [0.15, 0.2) is 0 Å². The molecule has 2 rings (SSSR count). The fraction of sp³-hybridized carbons (Fsp3) is 0.571. The van der Waals surface area contributed by atoms with Crippen LogP contribution in [-0.4, -0.2) is 22.9 Å². The van der Waals surface area contributed by atoms with Crippen LogP contribution in [-0.2, 0) is 10.7 Å². The van der Waals surface area contributed by atoms with Gasteiger partial charge in [-0.15, -0.1) is 0 Å². The summed E-state index contributed by atoms with van der Waals surface area (Å²) in [5.74, 6) is -4.20. The average molecular weight is 238 g/mol. The van der Waals surface area contributed by atoms with Crippen LogP contribution in [0.4, 0.5) is 8.78 Å². The van der Waals surface area contributed by atoms with Gasteiger partial charge in [-0.3, -0.25) is 0 Å². The van der Waals surface area contributed by atoms with E-state index < -0.39 is 24.3 Å². The number of hydrogen-bond donors (Lipinski definition) is 0. The zero-order valence-electron chi connectivity index (χ0n) is 7.94. The fourth-order valence-corrected chi connectivity index (χ4v) is 1.01. The standard InChI is InChI=1S/C7H5F2N4O.K/c8-7(9,1-4-3-14-4)6-11-5(2-10)12-13-6;/h4H,1,3H2;/q-1;+1. The van der Waals surface area contributed by atoms with Crippen molar-refractivity contribution in [1.82, 2.24) is 15.2 Å². The summed E-state index contributed by atoms with van der Waals surface area (Å²) in [7, 11) is 0. The van der Waals surface area contributed by atoms with E-state index in [0.29, 0.717) is 6.61 Å². The average Bonchev–Trinajstić information content (AvgIpc) is 2.81. The molecule has 1 atom stereocenters. The Bertz CT molecular complexity index is 385. The molecule has 0 N–H and O–H groups in total. The van der Waals surface area contributed by atoms with Crippen molar-refractivity contribution in [3.8, 4) is 6.07 Å². The first-order valence-corrected chi connectivity index (χ1v) is 3.89. The molecule has 15 heavy (non-hydrogen) atoms. The Kier molecular flexibility index (Phi) is 4.34. The van der Waals surface area contributed by atoms with Crippen molar-refractivity contribution in [2.24, 2.45) is 0 Å². The second kappa shape index (κ2) is 4.95. The van der Waals surface area contributed by atoms with Crippen LogP contribution >= 0.6 is 0 Å². The van der Waals surface area contributed by atoms with Crippen molar-refractivity contribution in [2.75, 3.05) is 6.61 Å². The van der Waals surface area contributed by atoms with E-state index in [9.17, 15) is 8.78 Å². The summed E-state index contributed by atoms with van der Waals surface area (Å²) in [5.41, 5.74) is 0. The number of epoxide rings is 1. The molecule has 5 nitrogen and oxygen atoms in total. The van der Waals surface area contributed by atoms with E-state index in [0.717, 1.165) is 0 Å². The number of ether oxygens (including phenoxy) is 1. The van der Waals surface area contributed by atoms with Gasteiger partial charge in [0, 0.05) is 6.42 Å². The van der Waals surface area contributed by atoms with Crippen LogP contribution in [0, 0.1) is 11.3 Å². The van der Waals surface area contributed by atoms with Crippen LogP contribution in [0.25, 0.3) is 0 Å². The van der Waals surface area contributed by atoms with Crippen molar-refractivity contribution >= 4 is 0 Å². The number of nitriles is 1. The Morgan fingerprint density at radius 2 is 2.27 bits per heavy atom. The summed E-state index contributed by atoms with van der Waals surface area (Å²) in [6.07, 6.45) is -0.877. The quantitative estimate of drug-likeness (QED) is 0.420. The summed E-state index contributed by atoms with van der Waals surface area (Å²) in [6, 6.07) is 1.54. The first kappa shape index (κ1) is 13.2. The van der Waals surface area contributed by atoms with Gasteiger partial charge >= 0.3 is 51.4 Å². The Labute approximate surface area is 127 Å². The molecule has 1 fully saturated rings. The molecule has 74 valence electrons. The van der Waals surface area contributed by atoms with E-state index in [4.69, 9.17) is 5.26 Å². The first-order valence-electron chi connectivity index (χ1n) is 3.89. The number of halogens is 2. The zero-order valence-corrected chi connectivity index (χ0v) is 11.1. The zero-order chi connectivity index (χ0) is 10.2. The van der Waals surface area contributed by atoms with Crippen molar-refractivity contribution in [1.29, 1.82) is 5.26 Å². The minimum absolute atomic E-state index is 0. The van der Waals surface area contributed by atoms with Gasteiger partial charge in [-0.25, -0.2) is 8.78 Å². The molecule has 8 heteroatoms. The second-order valence-corrected chi connectivity index (χ2v) is 2.93. The number of aromatic nitrogens is 3. The molecule has 1 unspecified atom stereocenters. The normalized spacial score (nSPS) is 19.1. The molecule has 0 saturated carbocycles. The van der Waals surface area contributed by atoms with E-state index in [-0.39, 0.29) is 57.2 Å². The topological polar surface area (TPSA) is 76.2 Å². The molecule has 1 saturated heterocycles. The van der Waals surface area contributed by atoms with Gasteiger partial charge in [0.2, 0.25) is 0 Å². The van der Waals surface area contributed by atoms with Gasteiger partial charge in [0.1, 0.15) is 6.07 Å². The molecule has 0 aromatic carbocycles. The Morgan fingerprint density at radius 3 is 2.73 bits per heavy atom. The molecule has 1 aliphatic rings. The number of alkyl halides is 2. The largest absolute Gasteiger partial charge is 1.00 e. The maximum absolute atomic E-state index is 13.2. The maximum Gasteiger partial charge on any atom is 1.00 e. The van der Waals surface area contributed by atoms with E-state index in [2.05, 4.69) is 19.9 Å². The third kappa shape index (κ3) is 3.27. The SMILES string of the molecule is N#Cc1nnc(C(F)(F)CC2CO2)[n-]1.[K+]. The number of nitrogens with zero attached hydrogens (tertiary/aromatic N) is 4. The molecule has 0 spiro atoms. The molecule has 1 aromatic heterocycles. The van der Waals surface area contributed by atoms with Gasteiger partial charge in [-0.05, 0) is 0 Å². The molecule has 1 aliphatic heterocycles. The third-order valence-electron chi connectivity index (χ3n) is 1.76. The van der Waals surface area contributed by atoms with Crippen LogP contribution < -0.4 is 56.4 Å². The summed E-state index contributed by atoms with van der Waals surface area (Å²) < 4.78 is 31.2. The molecule has 0 radical (unpaired) electrons. The van der Waals surface area contributed by atoms with Crippen molar-refractivity contribution < 1.29 is 64.9 Å². The smallest absolute Gasteiger partial charge is 0.373 e. The van der Waals surface area contributed by atoms with E-state index in [1.54, 1.807) is 0 Å². The fourth-order valence-electron chi connectivity index (χ4n) is 1.01. The molecule has 0 aliphatic carbocycles. The van der Waals surface area contributed by atoms with Gasteiger partial charge in [-0.1, -0.05) is 0 Å². The van der Waals surface area contributed by atoms with Gasteiger partial charge in [0.15, 0.2) is 0 Å². The molecular weight excluding hydrogens is 233 g/mol. The van der Waals surface area contributed by atoms with E-state index in [1.807, 2.05) is 0 Å². The summed E-state index contributed by atoms with van der Waals surface area (Å²) in [5, 5.41) is 14.7. The van der Waals surface area contributed by atoms with Crippen LogP contribution in [0.3, 0.4) is 0 Å². The van der Waals surface area contributed by atoms with E-state index in [1.165, 1.54) is 6.07 Å². The minimum Gasteiger partial charge on any atom is -0.373 e. The predicted octanol–water partition coefficient (Wildman–Crippen LogP) is -2.81. The van der Waals surface area contributed by atoms with Crippen LogP contribution in [0.2, 0.25) is 0 Å². The monoisotopic (exact) mass is 238 g/mol. The maximum atomic E-state index is 13.2. The van der Waals surface area contributed by atoms with Gasteiger partial charge in [0.25, 0.3) is 5.92 Å². The summed E-state index contributed by atoms with van der Waals surface area (Å²) >= 11 is 0.